The van der Waals surface area contributed by atoms with Crippen LogP contribution in [0.15, 0.2) is 18.7 Å². The third-order valence-corrected chi connectivity index (χ3v) is 3.53. The molecule has 2 aliphatic heterocycles. The van der Waals surface area contributed by atoms with E-state index in [9.17, 15) is 5.11 Å². The van der Waals surface area contributed by atoms with Gasteiger partial charge in [0.25, 0.3) is 0 Å². The molecular weight excluding hydrogens is 234 g/mol. The first kappa shape index (κ1) is 12.1. The number of aliphatic hydroxyl groups is 1. The fourth-order valence-corrected chi connectivity index (χ4v) is 2.75. The summed E-state index contributed by atoms with van der Waals surface area (Å²) in [6.07, 6.45) is 4.19. The van der Waals surface area contributed by atoms with Crippen molar-refractivity contribution in [3.63, 3.8) is 0 Å². The van der Waals surface area contributed by atoms with Crippen LogP contribution in [0.4, 0.5) is 0 Å². The van der Waals surface area contributed by atoms with Crippen LogP contribution in [0.1, 0.15) is 19.9 Å². The van der Waals surface area contributed by atoms with Crippen molar-refractivity contribution >= 4 is 0 Å². The molecule has 2 bridgehead atoms. The number of ether oxygens (including phenoxy) is 2. The number of nitrogens with one attached hydrogen (secondary N) is 1. The number of aromatic nitrogens is 2. The molecule has 2 N–H and O–H groups in total. The van der Waals surface area contributed by atoms with E-state index in [1.807, 2.05) is 10.8 Å². The summed E-state index contributed by atoms with van der Waals surface area (Å²) in [6.45, 7) is 4.64. The molecule has 1 aromatic heterocycles. The van der Waals surface area contributed by atoms with Crippen LogP contribution in [0.3, 0.4) is 0 Å². The van der Waals surface area contributed by atoms with Crippen molar-refractivity contribution in [1.29, 1.82) is 0 Å². The number of aliphatic hydroxyl groups excluding tert-OH is 1. The second-order valence-electron chi connectivity index (χ2n) is 5.21. The zero-order valence-electron chi connectivity index (χ0n) is 10.6. The first-order chi connectivity index (χ1) is 8.66. The number of hydrogen-bond donors (Lipinski definition) is 2. The molecule has 2 saturated heterocycles. The smallest absolute Gasteiger partial charge is 0.181 e. The van der Waals surface area contributed by atoms with E-state index < -0.39 is 6.10 Å². The summed E-state index contributed by atoms with van der Waals surface area (Å²) in [5, 5.41) is 13.9. The number of rotatable bonds is 3. The van der Waals surface area contributed by atoms with E-state index in [1.165, 1.54) is 0 Å². The Kier molecular flexibility index (Phi) is 3.11. The van der Waals surface area contributed by atoms with Crippen LogP contribution in [-0.4, -0.2) is 51.8 Å². The van der Waals surface area contributed by atoms with E-state index in [4.69, 9.17) is 9.47 Å². The Labute approximate surface area is 106 Å². The normalized spacial score (nSPS) is 39.4. The van der Waals surface area contributed by atoms with Gasteiger partial charge in [0.05, 0.1) is 25.1 Å². The lowest BCUT2D eigenvalue weighted by molar-refractivity contribution is -0.166. The predicted molar refractivity (Wildman–Crippen MR) is 63.9 cm³/mol. The predicted octanol–water partition coefficient (Wildman–Crippen LogP) is -0.0932. The summed E-state index contributed by atoms with van der Waals surface area (Å²) < 4.78 is 13.3. The van der Waals surface area contributed by atoms with Crippen molar-refractivity contribution in [1.82, 2.24) is 14.9 Å². The minimum atomic E-state index is -0.548. The molecule has 100 valence electrons. The van der Waals surface area contributed by atoms with Crippen LogP contribution >= 0.6 is 0 Å². The molecular formula is C12H19N3O3. The van der Waals surface area contributed by atoms with Crippen molar-refractivity contribution in [2.75, 3.05) is 6.61 Å². The van der Waals surface area contributed by atoms with Crippen molar-refractivity contribution in [2.45, 2.75) is 50.5 Å². The largest absolute Gasteiger partial charge is 0.389 e. The maximum atomic E-state index is 10.6. The van der Waals surface area contributed by atoms with Gasteiger partial charge < -0.3 is 24.5 Å². The molecule has 6 nitrogen and oxygen atoms in total. The molecule has 0 saturated carbocycles. The third kappa shape index (κ3) is 1.95. The Morgan fingerprint density at radius 1 is 1.50 bits per heavy atom. The van der Waals surface area contributed by atoms with Crippen molar-refractivity contribution in [2.24, 2.45) is 0 Å². The van der Waals surface area contributed by atoms with Gasteiger partial charge in [0, 0.05) is 18.4 Å². The maximum absolute atomic E-state index is 10.6. The number of fused-ring (bicyclic) bond motifs is 2. The van der Waals surface area contributed by atoms with Gasteiger partial charge in [-0.3, -0.25) is 0 Å². The molecule has 6 heteroatoms. The average molecular weight is 253 g/mol. The molecule has 0 aliphatic carbocycles. The van der Waals surface area contributed by atoms with Crippen LogP contribution < -0.4 is 5.32 Å². The van der Waals surface area contributed by atoms with Gasteiger partial charge in [-0.2, -0.15) is 0 Å². The summed E-state index contributed by atoms with van der Waals surface area (Å²) in [6, 6.07) is -0.0764. The lowest BCUT2D eigenvalue weighted by Crippen LogP contribution is -2.58. The molecule has 2 aliphatic rings. The molecule has 1 aromatic rings. The third-order valence-electron chi connectivity index (χ3n) is 3.53. The average Bonchev–Trinajstić information content (AvgIpc) is 2.95. The van der Waals surface area contributed by atoms with Gasteiger partial charge in [-0.05, 0) is 0 Å². The summed E-state index contributed by atoms with van der Waals surface area (Å²) in [7, 11) is 0. The minimum Gasteiger partial charge on any atom is -0.389 e. The van der Waals surface area contributed by atoms with Crippen molar-refractivity contribution in [3.05, 3.63) is 18.7 Å². The van der Waals surface area contributed by atoms with Gasteiger partial charge >= 0.3 is 0 Å². The quantitative estimate of drug-likeness (QED) is 0.788. The fraction of sp³-hybridized carbons (Fsp3) is 0.750. The van der Waals surface area contributed by atoms with Crippen molar-refractivity contribution < 1.29 is 14.6 Å². The minimum absolute atomic E-state index is 0.0767. The highest BCUT2D eigenvalue weighted by Gasteiger charge is 2.50. The lowest BCUT2D eigenvalue weighted by Gasteiger charge is -2.40. The van der Waals surface area contributed by atoms with E-state index in [0.29, 0.717) is 6.61 Å². The summed E-state index contributed by atoms with van der Waals surface area (Å²) >= 11 is 0. The number of imidazole rings is 1. The first-order valence-corrected chi connectivity index (χ1v) is 6.35. The Morgan fingerprint density at radius 3 is 3.00 bits per heavy atom. The van der Waals surface area contributed by atoms with Crippen LogP contribution in [0.5, 0.6) is 0 Å². The van der Waals surface area contributed by atoms with E-state index in [-0.39, 0.29) is 30.5 Å². The molecule has 0 amide bonds. The fourth-order valence-electron chi connectivity index (χ4n) is 2.75. The van der Waals surface area contributed by atoms with Gasteiger partial charge in [0.15, 0.2) is 6.29 Å². The molecule has 18 heavy (non-hydrogen) atoms. The Hall–Kier alpha value is -0.950. The second-order valence-corrected chi connectivity index (χ2v) is 5.21. The van der Waals surface area contributed by atoms with E-state index >= 15 is 0 Å². The van der Waals surface area contributed by atoms with Gasteiger partial charge in [-0.25, -0.2) is 4.98 Å². The molecule has 0 radical (unpaired) electrons. The number of hydrogen-bond acceptors (Lipinski definition) is 5. The molecule has 0 aromatic carbocycles. The maximum Gasteiger partial charge on any atom is 0.181 e. The van der Waals surface area contributed by atoms with E-state index in [0.717, 1.165) is 0 Å². The van der Waals surface area contributed by atoms with Gasteiger partial charge in [-0.15, -0.1) is 0 Å². The SMILES string of the molecule is CC(C)N[C@H]1[C@H](O)[C@@H](n2ccnc2)[C@@H]2OC[C@H]1O2. The zero-order chi connectivity index (χ0) is 12.7. The van der Waals surface area contributed by atoms with Gasteiger partial charge in [0.2, 0.25) is 0 Å². The van der Waals surface area contributed by atoms with E-state index in [2.05, 4.69) is 24.1 Å². The van der Waals surface area contributed by atoms with Crippen LogP contribution in [0, 0.1) is 0 Å². The monoisotopic (exact) mass is 253 g/mol. The lowest BCUT2D eigenvalue weighted by atomic mass is 9.95. The highest BCUT2D eigenvalue weighted by atomic mass is 16.7. The number of nitrogens with zero attached hydrogens (tertiary/aromatic N) is 2. The summed E-state index contributed by atoms with van der Waals surface area (Å²) in [5.74, 6) is 0. The Morgan fingerprint density at radius 2 is 2.33 bits per heavy atom. The highest BCUT2D eigenvalue weighted by molar-refractivity contribution is 5.01. The molecule has 2 fully saturated rings. The standard InChI is InChI=1S/C12H19N3O3/c1-7(2)14-9-8-5-17-12(18-8)10(11(9)16)15-4-3-13-6-15/h3-4,6-12,14,16H,5H2,1-2H3/t8-,9-,10-,11+,12-/m1/s1. The topological polar surface area (TPSA) is 68.5 Å². The van der Waals surface area contributed by atoms with Crippen LogP contribution in [0.2, 0.25) is 0 Å². The zero-order valence-corrected chi connectivity index (χ0v) is 10.6. The molecule has 3 rings (SSSR count). The Balaban J connectivity index is 1.86. The van der Waals surface area contributed by atoms with Crippen LogP contribution in [0.25, 0.3) is 0 Å². The van der Waals surface area contributed by atoms with Gasteiger partial charge in [0.1, 0.15) is 12.1 Å². The van der Waals surface area contributed by atoms with Crippen LogP contribution in [-0.2, 0) is 9.47 Å². The highest BCUT2D eigenvalue weighted by Crippen LogP contribution is 2.35. The second kappa shape index (κ2) is 4.62. The summed E-state index contributed by atoms with van der Waals surface area (Å²) in [4.78, 5) is 4.02. The van der Waals surface area contributed by atoms with E-state index in [1.54, 1.807) is 12.5 Å². The van der Waals surface area contributed by atoms with Crippen molar-refractivity contribution in [3.8, 4) is 0 Å². The molecule has 0 unspecified atom stereocenters. The molecule has 3 heterocycles. The van der Waals surface area contributed by atoms with Gasteiger partial charge in [-0.1, -0.05) is 13.8 Å². The molecule has 5 atom stereocenters. The molecule has 0 spiro atoms. The summed E-state index contributed by atoms with van der Waals surface area (Å²) in [5.41, 5.74) is 0. The first-order valence-electron chi connectivity index (χ1n) is 6.35. The Bertz CT molecular complexity index is 395.